The van der Waals surface area contributed by atoms with Gasteiger partial charge in [-0.05, 0) is 19.1 Å². The zero-order chi connectivity index (χ0) is 14.4. The van der Waals surface area contributed by atoms with E-state index < -0.39 is 0 Å². The Hall–Kier alpha value is -1.85. The Labute approximate surface area is 118 Å². The van der Waals surface area contributed by atoms with Crippen LogP contribution in [0.3, 0.4) is 0 Å². The monoisotopic (exact) mass is 276 g/mol. The number of nitrogens with zero attached hydrogens (tertiary/aromatic N) is 1. The number of aryl methyl sites for hydroxylation is 1. The molecule has 0 fully saturated rings. The van der Waals surface area contributed by atoms with Crippen molar-refractivity contribution in [3.63, 3.8) is 0 Å². The second-order valence-corrected chi connectivity index (χ2v) is 4.50. The van der Waals surface area contributed by atoms with Crippen molar-refractivity contribution in [2.45, 2.75) is 13.5 Å². The van der Waals surface area contributed by atoms with Gasteiger partial charge >= 0.3 is 0 Å². The van der Waals surface area contributed by atoms with Crippen LogP contribution in [-0.2, 0) is 11.3 Å². The maximum atomic E-state index is 5.54. The molecule has 2 aromatic rings. The van der Waals surface area contributed by atoms with Crippen molar-refractivity contribution in [2.24, 2.45) is 0 Å². The van der Waals surface area contributed by atoms with Crippen molar-refractivity contribution in [3.8, 4) is 17.1 Å². The highest BCUT2D eigenvalue weighted by Crippen LogP contribution is 2.32. The van der Waals surface area contributed by atoms with Crippen LogP contribution in [0, 0.1) is 6.92 Å². The highest BCUT2D eigenvalue weighted by Gasteiger charge is 2.15. The fourth-order valence-corrected chi connectivity index (χ4v) is 1.99. The van der Waals surface area contributed by atoms with Gasteiger partial charge in [0.1, 0.15) is 11.4 Å². The lowest BCUT2D eigenvalue weighted by Gasteiger charge is -2.09. The van der Waals surface area contributed by atoms with E-state index in [0.29, 0.717) is 13.2 Å². The summed E-state index contributed by atoms with van der Waals surface area (Å²) in [6.07, 6.45) is 1.46. The molecular formula is C15H20N2O3. The van der Waals surface area contributed by atoms with E-state index in [1.54, 1.807) is 14.2 Å². The van der Waals surface area contributed by atoms with Crippen molar-refractivity contribution >= 4 is 0 Å². The lowest BCUT2D eigenvalue weighted by atomic mass is 10.1. The van der Waals surface area contributed by atoms with Gasteiger partial charge in [0.25, 0.3) is 0 Å². The molecule has 108 valence electrons. The maximum Gasteiger partial charge on any atom is 0.181 e. The van der Waals surface area contributed by atoms with Gasteiger partial charge in [-0.2, -0.15) is 0 Å². The molecule has 0 aliphatic carbocycles. The predicted octanol–water partition coefficient (Wildman–Crippen LogP) is 2.39. The second kappa shape index (κ2) is 7.07. The SMILES string of the molecule is COCCNCc1ncoc1-c1cc(C)ccc1OC. The standard InChI is InChI=1S/C15H20N2O3/c1-11-4-5-14(19-3)12(8-11)15-13(17-10-20-15)9-16-6-7-18-2/h4-5,8,10,16H,6-7,9H2,1-3H3. The Kier molecular flexibility index (Phi) is 5.15. The van der Waals surface area contributed by atoms with Crippen LogP contribution in [0.1, 0.15) is 11.3 Å². The van der Waals surface area contributed by atoms with E-state index >= 15 is 0 Å². The lowest BCUT2D eigenvalue weighted by molar-refractivity contribution is 0.199. The molecule has 0 bridgehead atoms. The van der Waals surface area contributed by atoms with Gasteiger partial charge in [0.05, 0.1) is 19.3 Å². The van der Waals surface area contributed by atoms with E-state index in [1.165, 1.54) is 6.39 Å². The molecule has 0 radical (unpaired) electrons. The van der Waals surface area contributed by atoms with E-state index in [4.69, 9.17) is 13.9 Å². The summed E-state index contributed by atoms with van der Waals surface area (Å²) in [5.41, 5.74) is 2.94. The van der Waals surface area contributed by atoms with Gasteiger partial charge in [-0.3, -0.25) is 0 Å². The maximum absolute atomic E-state index is 5.54. The Morgan fingerprint density at radius 3 is 2.90 bits per heavy atom. The summed E-state index contributed by atoms with van der Waals surface area (Å²) < 4.78 is 15.9. The summed E-state index contributed by atoms with van der Waals surface area (Å²) >= 11 is 0. The Balaban J connectivity index is 2.21. The highest BCUT2D eigenvalue weighted by atomic mass is 16.5. The summed E-state index contributed by atoms with van der Waals surface area (Å²) in [5.74, 6) is 1.53. The predicted molar refractivity (Wildman–Crippen MR) is 76.8 cm³/mol. The molecule has 2 rings (SSSR count). The normalized spacial score (nSPS) is 10.8. The first kappa shape index (κ1) is 14.6. The Morgan fingerprint density at radius 2 is 2.15 bits per heavy atom. The van der Waals surface area contributed by atoms with Crippen LogP contribution in [0.2, 0.25) is 0 Å². The van der Waals surface area contributed by atoms with E-state index in [1.807, 2.05) is 25.1 Å². The third kappa shape index (κ3) is 3.37. The van der Waals surface area contributed by atoms with Crippen LogP contribution in [0.5, 0.6) is 5.75 Å². The summed E-state index contributed by atoms with van der Waals surface area (Å²) in [6.45, 7) is 4.11. The van der Waals surface area contributed by atoms with Crippen molar-refractivity contribution in [3.05, 3.63) is 35.9 Å². The third-order valence-corrected chi connectivity index (χ3v) is 3.02. The fourth-order valence-electron chi connectivity index (χ4n) is 1.99. The average molecular weight is 276 g/mol. The van der Waals surface area contributed by atoms with E-state index in [0.717, 1.165) is 34.9 Å². The van der Waals surface area contributed by atoms with Crippen molar-refractivity contribution in [1.29, 1.82) is 0 Å². The lowest BCUT2D eigenvalue weighted by Crippen LogP contribution is -2.19. The van der Waals surface area contributed by atoms with Gasteiger partial charge in [0, 0.05) is 20.2 Å². The Bertz CT molecular complexity index is 552. The molecular weight excluding hydrogens is 256 g/mol. The number of hydrogen-bond acceptors (Lipinski definition) is 5. The molecule has 1 N–H and O–H groups in total. The summed E-state index contributed by atoms with van der Waals surface area (Å²) in [7, 11) is 3.34. The molecule has 5 heteroatoms. The molecule has 1 aromatic heterocycles. The zero-order valence-corrected chi connectivity index (χ0v) is 12.1. The molecule has 0 amide bonds. The Morgan fingerprint density at radius 1 is 1.30 bits per heavy atom. The van der Waals surface area contributed by atoms with Gasteiger partial charge in [-0.1, -0.05) is 11.6 Å². The molecule has 1 aromatic carbocycles. The third-order valence-electron chi connectivity index (χ3n) is 3.02. The summed E-state index contributed by atoms with van der Waals surface area (Å²) in [4.78, 5) is 4.27. The molecule has 1 heterocycles. The van der Waals surface area contributed by atoms with Gasteiger partial charge in [-0.15, -0.1) is 0 Å². The molecule has 0 aliphatic heterocycles. The van der Waals surface area contributed by atoms with E-state index in [9.17, 15) is 0 Å². The second-order valence-electron chi connectivity index (χ2n) is 4.50. The van der Waals surface area contributed by atoms with Crippen LogP contribution in [0.25, 0.3) is 11.3 Å². The first-order valence-electron chi connectivity index (χ1n) is 6.53. The molecule has 0 spiro atoms. The topological polar surface area (TPSA) is 56.5 Å². The molecule has 0 saturated carbocycles. The van der Waals surface area contributed by atoms with Crippen LogP contribution < -0.4 is 10.1 Å². The first-order chi connectivity index (χ1) is 9.76. The van der Waals surface area contributed by atoms with Crippen molar-refractivity contribution < 1.29 is 13.9 Å². The van der Waals surface area contributed by atoms with Crippen LogP contribution in [0.4, 0.5) is 0 Å². The number of aromatic nitrogens is 1. The zero-order valence-electron chi connectivity index (χ0n) is 12.1. The first-order valence-corrected chi connectivity index (χ1v) is 6.53. The summed E-state index contributed by atoms with van der Waals surface area (Å²) in [6, 6.07) is 5.99. The fraction of sp³-hybridized carbons (Fsp3) is 0.400. The number of ether oxygens (including phenoxy) is 2. The van der Waals surface area contributed by atoms with Crippen LogP contribution in [-0.4, -0.2) is 32.4 Å². The number of rotatable bonds is 7. The molecule has 20 heavy (non-hydrogen) atoms. The number of hydrogen-bond donors (Lipinski definition) is 1. The van der Waals surface area contributed by atoms with Gasteiger partial charge in [0.15, 0.2) is 12.2 Å². The molecule has 0 aliphatic rings. The minimum Gasteiger partial charge on any atom is -0.496 e. The largest absolute Gasteiger partial charge is 0.496 e. The quantitative estimate of drug-likeness (QED) is 0.787. The van der Waals surface area contributed by atoms with E-state index in [2.05, 4.69) is 10.3 Å². The van der Waals surface area contributed by atoms with Crippen LogP contribution >= 0.6 is 0 Å². The molecule has 5 nitrogen and oxygen atoms in total. The molecule has 0 atom stereocenters. The average Bonchev–Trinajstić information content (AvgIpc) is 2.92. The van der Waals surface area contributed by atoms with E-state index in [-0.39, 0.29) is 0 Å². The molecule has 0 saturated heterocycles. The summed E-state index contributed by atoms with van der Waals surface area (Å²) in [5, 5.41) is 3.26. The van der Waals surface area contributed by atoms with Crippen molar-refractivity contribution in [1.82, 2.24) is 10.3 Å². The smallest absolute Gasteiger partial charge is 0.181 e. The molecule has 0 unspecified atom stereocenters. The highest BCUT2D eigenvalue weighted by molar-refractivity contribution is 5.68. The minimum atomic E-state index is 0.631. The minimum absolute atomic E-state index is 0.631. The number of methoxy groups -OCH3 is 2. The number of nitrogens with one attached hydrogen (secondary N) is 1. The van der Waals surface area contributed by atoms with Crippen LogP contribution in [0.15, 0.2) is 29.0 Å². The number of benzene rings is 1. The van der Waals surface area contributed by atoms with Crippen molar-refractivity contribution in [2.75, 3.05) is 27.4 Å². The number of oxazole rings is 1. The van der Waals surface area contributed by atoms with Gasteiger partial charge in [0.2, 0.25) is 0 Å². The van der Waals surface area contributed by atoms with Gasteiger partial charge in [-0.25, -0.2) is 4.98 Å². The van der Waals surface area contributed by atoms with Gasteiger partial charge < -0.3 is 19.2 Å².